The fourth-order valence-electron chi connectivity index (χ4n) is 12.5. The van der Waals surface area contributed by atoms with Crippen LogP contribution in [0.5, 0.6) is 0 Å². The average molecular weight is 617 g/mol. The smallest absolute Gasteiger partial charge is 0.335 e. The van der Waals surface area contributed by atoms with Crippen molar-refractivity contribution in [3.8, 4) is 0 Å². The number of Topliss-reactive ketones (excluding diaryl/α,β-unsaturated/α-hetero) is 1. The van der Waals surface area contributed by atoms with Crippen LogP contribution in [0.15, 0.2) is 11.6 Å². The van der Waals surface area contributed by atoms with Gasteiger partial charge in [-0.15, -0.1) is 0 Å². The van der Waals surface area contributed by atoms with E-state index in [1.54, 1.807) is 0 Å². The van der Waals surface area contributed by atoms with Crippen LogP contribution in [-0.2, 0) is 14.3 Å². The molecule has 5 aliphatic carbocycles. The van der Waals surface area contributed by atoms with Crippen LogP contribution in [0.1, 0.15) is 106 Å². The molecular formula is C36H56O8. The number of allylic oxidation sites excluding steroid dienone is 2. The van der Waals surface area contributed by atoms with Crippen LogP contribution in [0, 0.1) is 56.7 Å². The van der Waals surface area contributed by atoms with E-state index < -0.39 is 48.0 Å². The molecule has 0 spiro atoms. The maximum atomic E-state index is 13.1. The first kappa shape index (κ1) is 32.6. The van der Waals surface area contributed by atoms with Crippen molar-refractivity contribution in [2.75, 3.05) is 0 Å². The van der Waals surface area contributed by atoms with Gasteiger partial charge in [0.2, 0.25) is 0 Å². The lowest BCUT2D eigenvalue weighted by Crippen LogP contribution is -2.69. The number of carboxylic acid groups (broad SMARTS) is 1. The number of carboxylic acids is 1. The molecule has 6 rings (SSSR count). The van der Waals surface area contributed by atoms with E-state index in [-0.39, 0.29) is 33.5 Å². The molecular weight excluding hydrogens is 560 g/mol. The summed E-state index contributed by atoms with van der Waals surface area (Å²) in [5, 5.41) is 54.1. The van der Waals surface area contributed by atoms with Crippen LogP contribution < -0.4 is 0 Å². The van der Waals surface area contributed by atoms with Gasteiger partial charge in [0.25, 0.3) is 0 Å². The van der Waals surface area contributed by atoms with Crippen molar-refractivity contribution < 1.29 is 39.9 Å². The third-order valence-corrected chi connectivity index (χ3v) is 15.6. The highest BCUT2D eigenvalue weighted by Crippen LogP contribution is 2.76. The normalized spacial score (nSPS) is 54.2. The molecule has 5 N–H and O–H groups in total. The number of carbonyl (C=O) groups excluding carboxylic acids is 1. The van der Waals surface area contributed by atoms with Gasteiger partial charge in [-0.1, -0.05) is 60.1 Å². The number of aliphatic hydroxyl groups excluding tert-OH is 4. The van der Waals surface area contributed by atoms with E-state index in [2.05, 4.69) is 54.5 Å². The van der Waals surface area contributed by atoms with Gasteiger partial charge in [-0.05, 0) is 97.2 Å². The Hall–Kier alpha value is -1.32. The second-order valence-electron chi connectivity index (χ2n) is 17.3. The van der Waals surface area contributed by atoms with Gasteiger partial charge in [0.15, 0.2) is 6.10 Å². The summed E-state index contributed by atoms with van der Waals surface area (Å²) in [6, 6.07) is 0. The van der Waals surface area contributed by atoms with Crippen LogP contribution in [0.25, 0.3) is 0 Å². The first-order chi connectivity index (χ1) is 20.4. The molecule has 8 nitrogen and oxygen atoms in total. The van der Waals surface area contributed by atoms with Crippen LogP contribution in [0.2, 0.25) is 0 Å². The minimum atomic E-state index is -1.78. The molecule has 1 aliphatic heterocycles. The zero-order chi connectivity index (χ0) is 32.4. The topological polar surface area (TPSA) is 145 Å². The number of rotatable bonds is 3. The van der Waals surface area contributed by atoms with Gasteiger partial charge in [-0.25, -0.2) is 4.79 Å². The summed E-state index contributed by atoms with van der Waals surface area (Å²) in [6.45, 7) is 16.3. The van der Waals surface area contributed by atoms with Gasteiger partial charge < -0.3 is 30.3 Å². The Bertz CT molecular complexity index is 1230. The summed E-state index contributed by atoms with van der Waals surface area (Å²) in [7, 11) is 0. The molecule has 5 fully saturated rings. The highest BCUT2D eigenvalue weighted by molar-refractivity contribution is 5.85. The molecule has 7 unspecified atom stereocenters. The first-order valence-electron chi connectivity index (χ1n) is 17.2. The first-order valence-corrected chi connectivity index (χ1v) is 17.2. The van der Waals surface area contributed by atoms with Crippen molar-refractivity contribution in [2.24, 2.45) is 56.7 Å². The van der Waals surface area contributed by atoms with Gasteiger partial charge in [-0.2, -0.15) is 0 Å². The molecule has 248 valence electrons. The standard InChI is InChI=1S/C36H56O8/c1-18-10-15-36(30(41)28-26(39)25(38)27(40)29(44-28)31(42)43)17-16-34(6)20(24(36)19(18)2)8-9-22-33(5)13-12-23(37)32(3,4)21(33)11-14-35(22,34)7/h8,18-19,21-22,24-30,38-41H,9-17H2,1-7H3,(H,42,43)/t18-,19+,21?,22?,24?,25?,26?,27+,28-,29?,30?,33+,34-,35-,36+/m1/s1. The lowest BCUT2D eigenvalue weighted by atomic mass is 9.33. The summed E-state index contributed by atoms with van der Waals surface area (Å²) >= 11 is 0. The molecule has 15 atom stereocenters. The molecule has 1 heterocycles. The molecule has 8 heteroatoms. The molecule has 0 aromatic rings. The van der Waals surface area contributed by atoms with Crippen molar-refractivity contribution >= 4 is 11.8 Å². The van der Waals surface area contributed by atoms with Crippen molar-refractivity contribution in [2.45, 2.75) is 143 Å². The Kier molecular flexibility index (Phi) is 7.66. The number of ketones is 1. The Morgan fingerprint density at radius 2 is 1.59 bits per heavy atom. The summed E-state index contributed by atoms with van der Waals surface area (Å²) < 4.78 is 5.77. The molecule has 4 saturated carbocycles. The van der Waals surface area contributed by atoms with E-state index in [9.17, 15) is 35.1 Å². The molecule has 0 aromatic carbocycles. The SMILES string of the molecule is C[C@@H]1CC[C@]2(C(O)[C@@H]3OC(C(=O)O)[C@@H](O)C(O)C3O)CC[C@]3(C)C(=CCC4[C@@]5(C)CCC(=O)C(C)(C)C5CC[C@]43C)C2[C@H]1C. The molecule has 0 amide bonds. The Morgan fingerprint density at radius 1 is 0.909 bits per heavy atom. The highest BCUT2D eigenvalue weighted by Gasteiger charge is 2.70. The fraction of sp³-hybridized carbons (Fsp3) is 0.889. The fourth-order valence-corrected chi connectivity index (χ4v) is 12.5. The summed E-state index contributed by atoms with van der Waals surface area (Å²) in [4.78, 5) is 25.0. The highest BCUT2D eigenvalue weighted by atomic mass is 16.6. The molecule has 0 radical (unpaired) electrons. The minimum absolute atomic E-state index is 0.00995. The quantitative estimate of drug-likeness (QED) is 0.292. The number of aliphatic hydroxyl groups is 4. The van der Waals surface area contributed by atoms with E-state index in [1.807, 2.05) is 0 Å². The predicted octanol–water partition coefficient (Wildman–Crippen LogP) is 4.51. The Labute approximate surface area is 262 Å². The number of hydrogen-bond acceptors (Lipinski definition) is 7. The Morgan fingerprint density at radius 3 is 2.25 bits per heavy atom. The number of carbonyl (C=O) groups is 2. The van der Waals surface area contributed by atoms with Crippen molar-refractivity contribution in [1.29, 1.82) is 0 Å². The van der Waals surface area contributed by atoms with Crippen LogP contribution in [0.4, 0.5) is 0 Å². The van der Waals surface area contributed by atoms with Gasteiger partial charge in [-0.3, -0.25) is 4.79 Å². The van der Waals surface area contributed by atoms with Crippen molar-refractivity contribution in [1.82, 2.24) is 0 Å². The zero-order valence-corrected chi connectivity index (χ0v) is 27.8. The maximum absolute atomic E-state index is 13.1. The van der Waals surface area contributed by atoms with Gasteiger partial charge in [0.05, 0.1) is 6.10 Å². The molecule has 0 bridgehead atoms. The molecule has 44 heavy (non-hydrogen) atoms. The zero-order valence-electron chi connectivity index (χ0n) is 27.8. The third kappa shape index (κ3) is 4.06. The molecule has 6 aliphatic rings. The second kappa shape index (κ2) is 10.3. The van der Waals surface area contributed by atoms with Crippen molar-refractivity contribution in [3.63, 3.8) is 0 Å². The predicted molar refractivity (Wildman–Crippen MR) is 164 cm³/mol. The van der Waals surface area contributed by atoms with Crippen LogP contribution >= 0.6 is 0 Å². The molecule has 0 aromatic heterocycles. The average Bonchev–Trinajstić information content (AvgIpc) is 2.96. The number of aliphatic carboxylic acids is 1. The lowest BCUT2D eigenvalue weighted by molar-refractivity contribution is -0.268. The number of hydrogen-bond donors (Lipinski definition) is 5. The number of ether oxygens (including phenoxy) is 1. The van der Waals surface area contributed by atoms with E-state index >= 15 is 0 Å². The van der Waals surface area contributed by atoms with Crippen LogP contribution in [0.3, 0.4) is 0 Å². The van der Waals surface area contributed by atoms with E-state index in [1.165, 1.54) is 5.57 Å². The van der Waals surface area contributed by atoms with Gasteiger partial charge in [0, 0.05) is 17.3 Å². The largest absolute Gasteiger partial charge is 0.479 e. The van der Waals surface area contributed by atoms with E-state index in [0.717, 1.165) is 44.9 Å². The lowest BCUT2D eigenvalue weighted by Gasteiger charge is -2.71. The van der Waals surface area contributed by atoms with Crippen LogP contribution in [-0.4, -0.2) is 73.9 Å². The summed E-state index contributed by atoms with van der Waals surface area (Å²) in [5.74, 6) is 0.453. The third-order valence-electron chi connectivity index (χ3n) is 15.6. The summed E-state index contributed by atoms with van der Waals surface area (Å²) in [5.41, 5.74) is 0.404. The van der Waals surface area contributed by atoms with Gasteiger partial charge >= 0.3 is 5.97 Å². The minimum Gasteiger partial charge on any atom is -0.479 e. The summed E-state index contributed by atoms with van der Waals surface area (Å²) in [6.07, 6.45) is 0.905. The number of fused-ring (bicyclic) bond motifs is 7. The molecule has 1 saturated heterocycles. The second-order valence-corrected chi connectivity index (χ2v) is 17.3. The Balaban J connectivity index is 1.41. The van der Waals surface area contributed by atoms with E-state index in [0.29, 0.717) is 36.4 Å². The maximum Gasteiger partial charge on any atom is 0.335 e. The van der Waals surface area contributed by atoms with Gasteiger partial charge in [0.1, 0.15) is 30.2 Å². The van der Waals surface area contributed by atoms with E-state index in [4.69, 9.17) is 4.74 Å². The van der Waals surface area contributed by atoms with Crippen molar-refractivity contribution in [3.05, 3.63) is 11.6 Å². The monoisotopic (exact) mass is 616 g/mol.